The van der Waals surface area contributed by atoms with Gasteiger partial charge in [-0.25, -0.2) is 14.1 Å². The standard InChI is InChI=1S/C16H23FN4/c1-12(2)21-16(19-11-20-21)9-13(10-18-3)8-14-6-4-5-7-15(14)17/h4-7,11-13,18H,8-10H2,1-3H3. The van der Waals surface area contributed by atoms with Gasteiger partial charge in [0.25, 0.3) is 0 Å². The Morgan fingerprint density at radius 3 is 2.67 bits per heavy atom. The highest BCUT2D eigenvalue weighted by Gasteiger charge is 2.16. The lowest BCUT2D eigenvalue weighted by atomic mass is 9.95. The second-order valence-electron chi connectivity index (χ2n) is 5.64. The summed E-state index contributed by atoms with van der Waals surface area (Å²) in [7, 11) is 1.92. The van der Waals surface area contributed by atoms with E-state index in [0.717, 1.165) is 24.4 Å². The maximum Gasteiger partial charge on any atom is 0.138 e. The van der Waals surface area contributed by atoms with Gasteiger partial charge in [0, 0.05) is 12.5 Å². The third-order valence-electron chi connectivity index (χ3n) is 3.57. The lowest BCUT2D eigenvalue weighted by molar-refractivity contribution is 0.435. The molecule has 0 aliphatic heterocycles. The normalized spacial score (nSPS) is 12.8. The smallest absolute Gasteiger partial charge is 0.138 e. The van der Waals surface area contributed by atoms with Crippen LogP contribution in [-0.2, 0) is 12.8 Å². The molecule has 0 aliphatic rings. The van der Waals surface area contributed by atoms with E-state index < -0.39 is 0 Å². The maximum absolute atomic E-state index is 13.8. The summed E-state index contributed by atoms with van der Waals surface area (Å²) in [6, 6.07) is 7.26. The van der Waals surface area contributed by atoms with Crippen LogP contribution in [0.1, 0.15) is 31.3 Å². The van der Waals surface area contributed by atoms with Crippen molar-refractivity contribution in [3.05, 3.63) is 47.8 Å². The van der Waals surface area contributed by atoms with E-state index in [4.69, 9.17) is 0 Å². The van der Waals surface area contributed by atoms with E-state index in [1.165, 1.54) is 6.07 Å². The average molecular weight is 290 g/mol. The first-order valence-corrected chi connectivity index (χ1v) is 7.38. The summed E-state index contributed by atoms with van der Waals surface area (Å²) in [5.41, 5.74) is 0.758. The maximum atomic E-state index is 13.8. The van der Waals surface area contributed by atoms with Crippen molar-refractivity contribution in [2.75, 3.05) is 13.6 Å². The van der Waals surface area contributed by atoms with Crippen LogP contribution in [0, 0.1) is 11.7 Å². The van der Waals surface area contributed by atoms with Crippen LogP contribution in [0.4, 0.5) is 4.39 Å². The molecule has 1 heterocycles. The monoisotopic (exact) mass is 290 g/mol. The summed E-state index contributed by atoms with van der Waals surface area (Å²) in [4.78, 5) is 4.35. The van der Waals surface area contributed by atoms with Gasteiger partial charge in [0.1, 0.15) is 18.0 Å². The molecular weight excluding hydrogens is 267 g/mol. The minimum atomic E-state index is -0.135. The van der Waals surface area contributed by atoms with Gasteiger partial charge in [-0.2, -0.15) is 5.10 Å². The minimum Gasteiger partial charge on any atom is -0.319 e. The van der Waals surface area contributed by atoms with Gasteiger partial charge in [-0.05, 0) is 51.4 Å². The van der Waals surface area contributed by atoms with Crippen LogP contribution in [0.5, 0.6) is 0 Å². The van der Waals surface area contributed by atoms with Crippen molar-refractivity contribution < 1.29 is 4.39 Å². The van der Waals surface area contributed by atoms with E-state index >= 15 is 0 Å². The topological polar surface area (TPSA) is 42.7 Å². The van der Waals surface area contributed by atoms with E-state index in [9.17, 15) is 4.39 Å². The molecule has 0 saturated heterocycles. The van der Waals surface area contributed by atoms with Gasteiger partial charge in [0.2, 0.25) is 0 Å². The van der Waals surface area contributed by atoms with Crippen LogP contribution in [0.2, 0.25) is 0 Å². The number of halogens is 1. The average Bonchev–Trinajstić information content (AvgIpc) is 2.90. The molecule has 0 amide bonds. The number of nitrogens with one attached hydrogen (secondary N) is 1. The van der Waals surface area contributed by atoms with Gasteiger partial charge in [-0.3, -0.25) is 0 Å². The van der Waals surface area contributed by atoms with Gasteiger partial charge >= 0.3 is 0 Å². The number of nitrogens with zero attached hydrogens (tertiary/aromatic N) is 3. The van der Waals surface area contributed by atoms with Gasteiger partial charge in [0.15, 0.2) is 0 Å². The van der Waals surface area contributed by atoms with E-state index in [0.29, 0.717) is 6.42 Å². The first-order valence-electron chi connectivity index (χ1n) is 7.38. The molecule has 0 saturated carbocycles. The van der Waals surface area contributed by atoms with Crippen LogP contribution in [0.25, 0.3) is 0 Å². The summed E-state index contributed by atoms with van der Waals surface area (Å²) in [5.74, 6) is 1.11. The van der Waals surface area contributed by atoms with E-state index in [1.807, 2.05) is 23.9 Å². The molecule has 114 valence electrons. The Labute approximate surface area is 125 Å². The molecule has 0 bridgehead atoms. The van der Waals surface area contributed by atoms with Gasteiger partial charge in [-0.15, -0.1) is 0 Å². The third kappa shape index (κ3) is 4.11. The summed E-state index contributed by atoms with van der Waals surface area (Å²) in [6.45, 7) is 4.99. The summed E-state index contributed by atoms with van der Waals surface area (Å²) in [5, 5.41) is 7.45. The second-order valence-corrected chi connectivity index (χ2v) is 5.64. The van der Waals surface area contributed by atoms with Gasteiger partial charge in [0.05, 0.1) is 0 Å². The molecule has 1 aromatic heterocycles. The quantitative estimate of drug-likeness (QED) is 0.852. The van der Waals surface area contributed by atoms with Gasteiger partial charge in [-0.1, -0.05) is 18.2 Å². The van der Waals surface area contributed by atoms with Crippen molar-refractivity contribution in [3.8, 4) is 0 Å². The molecule has 1 N–H and O–H groups in total. The highest BCUT2D eigenvalue weighted by molar-refractivity contribution is 5.18. The molecule has 4 nitrogen and oxygen atoms in total. The van der Waals surface area contributed by atoms with Crippen LogP contribution in [0.15, 0.2) is 30.6 Å². The lowest BCUT2D eigenvalue weighted by Crippen LogP contribution is -2.25. The Kier molecular flexibility index (Phi) is 5.44. The number of rotatable bonds is 7. The first kappa shape index (κ1) is 15.6. The van der Waals surface area contributed by atoms with Crippen molar-refractivity contribution in [2.45, 2.75) is 32.7 Å². The largest absolute Gasteiger partial charge is 0.319 e. The third-order valence-corrected chi connectivity index (χ3v) is 3.57. The second kappa shape index (κ2) is 7.31. The fourth-order valence-corrected chi connectivity index (χ4v) is 2.59. The molecule has 0 radical (unpaired) electrons. The van der Waals surface area contributed by atoms with Crippen LogP contribution in [-0.4, -0.2) is 28.4 Å². The van der Waals surface area contributed by atoms with Crippen molar-refractivity contribution in [2.24, 2.45) is 5.92 Å². The number of hydrogen-bond acceptors (Lipinski definition) is 3. The molecule has 1 unspecified atom stereocenters. The Balaban J connectivity index is 2.12. The van der Waals surface area contributed by atoms with Crippen molar-refractivity contribution in [1.29, 1.82) is 0 Å². The molecule has 0 aliphatic carbocycles. The Morgan fingerprint density at radius 1 is 1.24 bits per heavy atom. The fraction of sp³-hybridized carbons (Fsp3) is 0.500. The molecule has 2 aromatic rings. The first-order chi connectivity index (χ1) is 10.1. The van der Waals surface area contributed by atoms with Crippen molar-refractivity contribution >= 4 is 0 Å². The van der Waals surface area contributed by atoms with Gasteiger partial charge < -0.3 is 5.32 Å². The molecular formula is C16H23FN4. The minimum absolute atomic E-state index is 0.135. The summed E-state index contributed by atoms with van der Waals surface area (Å²) < 4.78 is 15.8. The lowest BCUT2D eigenvalue weighted by Gasteiger charge is -2.18. The number of aromatic nitrogens is 3. The molecule has 0 spiro atoms. The summed E-state index contributed by atoms with van der Waals surface area (Å²) >= 11 is 0. The summed E-state index contributed by atoms with van der Waals surface area (Å²) in [6.07, 6.45) is 3.07. The molecule has 2 rings (SSSR count). The SMILES string of the molecule is CNCC(Cc1ccccc1F)Cc1ncnn1C(C)C. The van der Waals surface area contributed by atoms with E-state index in [2.05, 4.69) is 29.2 Å². The molecule has 1 aromatic carbocycles. The zero-order chi connectivity index (χ0) is 15.2. The van der Waals surface area contributed by atoms with E-state index in [1.54, 1.807) is 12.4 Å². The van der Waals surface area contributed by atoms with Crippen LogP contribution < -0.4 is 5.32 Å². The predicted molar refractivity (Wildman–Crippen MR) is 81.6 cm³/mol. The van der Waals surface area contributed by atoms with E-state index in [-0.39, 0.29) is 17.8 Å². The number of benzene rings is 1. The Morgan fingerprint density at radius 2 is 2.00 bits per heavy atom. The highest BCUT2D eigenvalue weighted by atomic mass is 19.1. The zero-order valence-electron chi connectivity index (χ0n) is 12.9. The van der Waals surface area contributed by atoms with Crippen LogP contribution in [0.3, 0.4) is 0 Å². The Bertz CT molecular complexity index is 565. The highest BCUT2D eigenvalue weighted by Crippen LogP contribution is 2.17. The van der Waals surface area contributed by atoms with Crippen molar-refractivity contribution in [1.82, 2.24) is 20.1 Å². The number of hydrogen-bond donors (Lipinski definition) is 1. The Hall–Kier alpha value is -1.75. The fourth-order valence-electron chi connectivity index (χ4n) is 2.59. The molecule has 1 atom stereocenters. The molecule has 0 fully saturated rings. The van der Waals surface area contributed by atoms with Crippen molar-refractivity contribution in [3.63, 3.8) is 0 Å². The van der Waals surface area contributed by atoms with Crippen LogP contribution >= 0.6 is 0 Å². The predicted octanol–water partition coefficient (Wildman–Crippen LogP) is 2.62. The molecule has 5 heteroatoms. The molecule has 21 heavy (non-hydrogen) atoms. The zero-order valence-corrected chi connectivity index (χ0v) is 12.9.